The van der Waals surface area contributed by atoms with Crippen molar-refractivity contribution in [2.75, 3.05) is 0 Å². The SMILES string of the molecule is O=C1C(=Cc2ccc(-n3ccc4ccnnc43)[te]2)C(=O)c2cc3c[se]cc3cc21. The van der Waals surface area contributed by atoms with Crippen LogP contribution in [0.2, 0.25) is 0 Å². The molecular weight excluding hydrogens is 545 g/mol. The van der Waals surface area contributed by atoms with Gasteiger partial charge in [0.15, 0.2) is 0 Å². The van der Waals surface area contributed by atoms with E-state index in [4.69, 9.17) is 0 Å². The van der Waals surface area contributed by atoms with Crippen LogP contribution in [0.3, 0.4) is 0 Å². The first kappa shape index (κ1) is 17.3. The van der Waals surface area contributed by atoms with Gasteiger partial charge in [-0.15, -0.1) is 0 Å². The number of fused-ring (bicyclic) bond motifs is 3. The molecule has 0 fully saturated rings. The molecule has 0 radical (unpaired) electrons. The van der Waals surface area contributed by atoms with Crippen molar-refractivity contribution >= 4 is 74.4 Å². The molecule has 6 rings (SSSR count). The first-order valence-electron chi connectivity index (χ1n) is 8.89. The van der Waals surface area contributed by atoms with Crippen molar-refractivity contribution in [3.8, 4) is 3.70 Å². The van der Waals surface area contributed by atoms with Gasteiger partial charge in [0.05, 0.1) is 0 Å². The third-order valence-corrected chi connectivity index (χ3v) is 9.67. The zero-order valence-corrected chi connectivity index (χ0v) is 18.9. The number of aromatic nitrogens is 3. The third kappa shape index (κ3) is 2.67. The van der Waals surface area contributed by atoms with E-state index in [0.717, 1.165) is 25.4 Å². The van der Waals surface area contributed by atoms with Gasteiger partial charge in [-0.05, 0) is 0 Å². The van der Waals surface area contributed by atoms with Gasteiger partial charge in [0.2, 0.25) is 0 Å². The number of rotatable bonds is 2. The van der Waals surface area contributed by atoms with Crippen molar-refractivity contribution in [1.82, 2.24) is 14.8 Å². The summed E-state index contributed by atoms with van der Waals surface area (Å²) in [5.41, 5.74) is 2.20. The van der Waals surface area contributed by atoms with Crippen LogP contribution < -0.4 is 0 Å². The molecule has 0 spiro atoms. The molecule has 0 N–H and O–H groups in total. The first-order chi connectivity index (χ1) is 14.2. The summed E-state index contributed by atoms with van der Waals surface area (Å²) >= 11 is -0.422. The molecule has 7 heteroatoms. The second-order valence-electron chi connectivity index (χ2n) is 6.79. The minimum atomic E-state index is -0.739. The average molecular weight is 556 g/mol. The van der Waals surface area contributed by atoms with E-state index >= 15 is 0 Å². The Balaban J connectivity index is 1.41. The predicted molar refractivity (Wildman–Crippen MR) is 113 cm³/mol. The molecule has 1 aliphatic carbocycles. The number of Topliss-reactive ketones (excluding diaryl/α,β-unsaturated/α-hetero) is 2. The number of hydrogen-bond acceptors (Lipinski definition) is 4. The molecule has 4 heterocycles. The Bertz CT molecular complexity index is 1450. The summed E-state index contributed by atoms with van der Waals surface area (Å²) in [6.45, 7) is 0. The van der Waals surface area contributed by atoms with Gasteiger partial charge in [-0.25, -0.2) is 0 Å². The summed E-state index contributed by atoms with van der Waals surface area (Å²) in [6.07, 6.45) is 5.48. The van der Waals surface area contributed by atoms with Crippen LogP contribution in [0, 0.1) is 0 Å². The molecular formula is C22H11N3O2SeTe. The first-order valence-corrected chi connectivity index (χ1v) is 13.2. The van der Waals surface area contributed by atoms with Gasteiger partial charge in [-0.3, -0.25) is 0 Å². The molecule has 0 saturated carbocycles. The Hall–Kier alpha value is -2.55. The summed E-state index contributed by atoms with van der Waals surface area (Å²) in [6, 6.07) is 11.8. The standard InChI is InChI=1S/C22H11N3O2SeTe/c26-20-16-7-13-10-28-11-14(13)8-17(16)21(27)18(20)9-15-1-2-19(29-15)25-6-4-12-3-5-23-24-22(12)25/h1-11H. The number of nitrogens with zero attached hydrogens (tertiary/aromatic N) is 3. The van der Waals surface area contributed by atoms with E-state index in [0.29, 0.717) is 25.6 Å². The van der Waals surface area contributed by atoms with Gasteiger partial charge in [-0.1, -0.05) is 0 Å². The molecule has 5 aromatic rings. The molecule has 29 heavy (non-hydrogen) atoms. The maximum absolute atomic E-state index is 12.9. The van der Waals surface area contributed by atoms with Crippen LogP contribution in [0.4, 0.5) is 0 Å². The number of hydrogen-bond donors (Lipinski definition) is 0. The summed E-state index contributed by atoms with van der Waals surface area (Å²) in [5.74, 6) is -0.306. The molecule has 0 bridgehead atoms. The van der Waals surface area contributed by atoms with Crippen LogP contribution in [0.15, 0.2) is 64.2 Å². The Labute approximate surface area is 180 Å². The van der Waals surface area contributed by atoms with Crippen molar-refractivity contribution < 1.29 is 9.59 Å². The summed E-state index contributed by atoms with van der Waals surface area (Å²) in [5, 5.41) is 11.4. The van der Waals surface area contributed by atoms with Crippen LogP contribution >= 0.6 is 0 Å². The van der Waals surface area contributed by atoms with Crippen LogP contribution in [-0.4, -0.2) is 61.3 Å². The molecule has 5 nitrogen and oxygen atoms in total. The monoisotopic (exact) mass is 559 g/mol. The van der Waals surface area contributed by atoms with Crippen LogP contribution in [0.25, 0.3) is 31.6 Å². The zero-order chi connectivity index (χ0) is 19.5. The average Bonchev–Trinajstić information content (AvgIpc) is 3.50. The molecule has 138 valence electrons. The minimum absolute atomic E-state index is 0.153. The number of carbonyl (C=O) groups excluding carboxylic acids is 2. The van der Waals surface area contributed by atoms with Crippen molar-refractivity contribution in [1.29, 1.82) is 0 Å². The van der Waals surface area contributed by atoms with Crippen molar-refractivity contribution in [2.24, 2.45) is 0 Å². The number of carbonyl (C=O) groups is 2. The van der Waals surface area contributed by atoms with Gasteiger partial charge in [0.1, 0.15) is 0 Å². The van der Waals surface area contributed by atoms with Crippen molar-refractivity contribution in [3.63, 3.8) is 0 Å². The number of ketones is 2. The third-order valence-electron chi connectivity index (χ3n) is 5.09. The summed E-state index contributed by atoms with van der Waals surface area (Å²) in [7, 11) is 0. The van der Waals surface area contributed by atoms with Gasteiger partial charge < -0.3 is 0 Å². The quantitative estimate of drug-likeness (QED) is 0.191. The van der Waals surface area contributed by atoms with Crippen molar-refractivity contribution in [3.05, 3.63) is 79.0 Å². The molecule has 1 aliphatic rings. The van der Waals surface area contributed by atoms with Crippen LogP contribution in [-0.2, 0) is 0 Å². The second kappa shape index (κ2) is 6.48. The predicted octanol–water partition coefficient (Wildman–Crippen LogP) is 3.15. The van der Waals surface area contributed by atoms with Gasteiger partial charge in [-0.2, -0.15) is 0 Å². The fraction of sp³-hybridized carbons (Fsp3) is 0. The fourth-order valence-electron chi connectivity index (χ4n) is 3.66. The molecule has 0 aliphatic heterocycles. The summed E-state index contributed by atoms with van der Waals surface area (Å²) < 4.78 is 4.28. The summed E-state index contributed by atoms with van der Waals surface area (Å²) in [4.78, 5) is 30.1. The van der Waals surface area contributed by atoms with Gasteiger partial charge >= 0.3 is 181 Å². The topological polar surface area (TPSA) is 64.8 Å². The Morgan fingerprint density at radius 3 is 2.45 bits per heavy atom. The molecule has 0 saturated heterocycles. The van der Waals surface area contributed by atoms with E-state index < -0.39 is 20.4 Å². The van der Waals surface area contributed by atoms with E-state index in [9.17, 15) is 9.59 Å². The van der Waals surface area contributed by atoms with Crippen LogP contribution in [0.1, 0.15) is 24.3 Å². The van der Waals surface area contributed by atoms with E-state index in [2.05, 4.69) is 30.7 Å². The zero-order valence-electron chi connectivity index (χ0n) is 14.8. The molecule has 4 aromatic heterocycles. The maximum atomic E-state index is 12.9. The fourth-order valence-corrected chi connectivity index (χ4v) is 7.95. The Morgan fingerprint density at radius 1 is 0.931 bits per heavy atom. The van der Waals surface area contributed by atoms with Crippen LogP contribution in [0.5, 0.6) is 0 Å². The second-order valence-corrected chi connectivity index (χ2v) is 11.5. The molecule has 0 unspecified atom stereocenters. The number of benzene rings is 1. The van der Waals surface area contributed by atoms with E-state index in [1.54, 1.807) is 12.3 Å². The Kier molecular flexibility index (Phi) is 3.87. The Morgan fingerprint density at radius 2 is 1.69 bits per heavy atom. The van der Waals surface area contributed by atoms with Gasteiger partial charge in [0.25, 0.3) is 0 Å². The van der Waals surface area contributed by atoms with E-state index in [1.165, 1.54) is 3.70 Å². The van der Waals surface area contributed by atoms with E-state index in [1.807, 2.05) is 36.5 Å². The van der Waals surface area contributed by atoms with Crippen molar-refractivity contribution in [2.45, 2.75) is 0 Å². The van der Waals surface area contributed by atoms with Gasteiger partial charge in [0, 0.05) is 0 Å². The van der Waals surface area contributed by atoms with E-state index in [-0.39, 0.29) is 17.1 Å². The number of allylic oxidation sites excluding steroid dienone is 1. The molecule has 0 atom stereocenters. The molecule has 0 amide bonds. The normalized spacial score (nSPS) is 13.6. The molecule has 1 aromatic carbocycles.